The molecule has 0 spiro atoms. The van der Waals surface area contributed by atoms with Crippen LogP contribution < -0.4 is 4.74 Å². The Kier molecular flexibility index (Phi) is 6.96. The average molecular weight is 463 g/mol. The van der Waals surface area contributed by atoms with Crippen molar-refractivity contribution in [2.75, 3.05) is 13.1 Å². The molecule has 6 nitrogen and oxygen atoms in total. The van der Waals surface area contributed by atoms with E-state index in [1.54, 1.807) is 0 Å². The predicted molar refractivity (Wildman–Crippen MR) is 132 cm³/mol. The summed E-state index contributed by atoms with van der Waals surface area (Å²) < 4.78 is 17.3. The molecule has 0 radical (unpaired) electrons. The van der Waals surface area contributed by atoms with Crippen LogP contribution in [-0.2, 0) is 17.8 Å². The second kappa shape index (κ2) is 9.92. The van der Waals surface area contributed by atoms with Crippen molar-refractivity contribution in [3.05, 3.63) is 71.6 Å². The molecule has 1 aliphatic heterocycles. The number of aromatic nitrogens is 1. The number of nitrogens with zero attached hydrogens (tertiary/aromatic N) is 2. The van der Waals surface area contributed by atoms with E-state index in [-0.39, 0.29) is 6.09 Å². The fraction of sp³-hybridized carbons (Fsp3) is 0.429. The zero-order valence-electron chi connectivity index (χ0n) is 20.7. The monoisotopic (exact) mass is 462 g/mol. The second-order valence-electron chi connectivity index (χ2n) is 10.1. The summed E-state index contributed by atoms with van der Waals surface area (Å²) in [6.07, 6.45) is 0.702. The van der Waals surface area contributed by atoms with Gasteiger partial charge >= 0.3 is 6.09 Å². The first-order valence-electron chi connectivity index (χ1n) is 11.9. The van der Waals surface area contributed by atoms with Crippen LogP contribution in [0.1, 0.15) is 44.7 Å². The number of aryl methyl sites for hydroxylation is 1. The van der Waals surface area contributed by atoms with Crippen molar-refractivity contribution in [3.63, 3.8) is 0 Å². The van der Waals surface area contributed by atoms with Gasteiger partial charge in [0.15, 0.2) is 0 Å². The van der Waals surface area contributed by atoms with Crippen LogP contribution in [0, 0.1) is 18.8 Å². The normalized spacial score (nSPS) is 18.2. The fourth-order valence-corrected chi connectivity index (χ4v) is 4.22. The van der Waals surface area contributed by atoms with E-state index in [9.17, 15) is 4.79 Å². The SMILES string of the molecule is Cc1oc(-c2ccccc2)nc1COc1ccc(C[C@@H]2CN(C(=O)OC(C)(C)C)C[C@@H]2C)cc1. The van der Waals surface area contributed by atoms with Gasteiger partial charge in [-0.3, -0.25) is 0 Å². The number of hydrogen-bond donors (Lipinski definition) is 0. The Hall–Kier alpha value is -3.28. The van der Waals surface area contributed by atoms with Crippen molar-refractivity contribution < 1.29 is 18.7 Å². The molecule has 2 atom stereocenters. The molecule has 34 heavy (non-hydrogen) atoms. The number of oxazole rings is 1. The van der Waals surface area contributed by atoms with E-state index in [1.165, 1.54) is 5.56 Å². The summed E-state index contributed by atoms with van der Waals surface area (Å²) in [5, 5.41) is 0. The fourth-order valence-electron chi connectivity index (χ4n) is 4.22. The first-order valence-corrected chi connectivity index (χ1v) is 11.9. The van der Waals surface area contributed by atoms with E-state index in [1.807, 2.05) is 75.1 Å². The Bertz CT molecular complexity index is 1100. The van der Waals surface area contributed by atoms with Gasteiger partial charge in [0.1, 0.15) is 29.4 Å². The van der Waals surface area contributed by atoms with E-state index < -0.39 is 5.60 Å². The van der Waals surface area contributed by atoms with Crippen molar-refractivity contribution in [1.29, 1.82) is 0 Å². The van der Waals surface area contributed by atoms with Gasteiger partial charge in [-0.15, -0.1) is 0 Å². The molecule has 0 saturated carbocycles. The molecule has 0 bridgehead atoms. The summed E-state index contributed by atoms with van der Waals surface area (Å²) in [5.74, 6) is 3.01. The molecule has 180 valence electrons. The van der Waals surface area contributed by atoms with Crippen LogP contribution in [0.5, 0.6) is 5.75 Å². The van der Waals surface area contributed by atoms with E-state index in [0.29, 0.717) is 24.3 Å². The van der Waals surface area contributed by atoms with Crippen molar-refractivity contribution in [2.24, 2.45) is 11.8 Å². The van der Waals surface area contributed by atoms with Gasteiger partial charge in [-0.1, -0.05) is 37.3 Å². The number of ether oxygens (including phenoxy) is 2. The maximum Gasteiger partial charge on any atom is 0.410 e. The molecular formula is C28H34N2O4. The van der Waals surface area contributed by atoms with Crippen molar-refractivity contribution in [3.8, 4) is 17.2 Å². The van der Waals surface area contributed by atoms with Crippen LogP contribution in [0.15, 0.2) is 59.0 Å². The molecule has 1 amide bonds. The van der Waals surface area contributed by atoms with Crippen LogP contribution in [0.4, 0.5) is 4.79 Å². The van der Waals surface area contributed by atoms with Crippen LogP contribution in [0.2, 0.25) is 0 Å². The van der Waals surface area contributed by atoms with Gasteiger partial charge in [0.2, 0.25) is 5.89 Å². The molecule has 0 aliphatic carbocycles. The maximum atomic E-state index is 12.4. The number of benzene rings is 2. The largest absolute Gasteiger partial charge is 0.487 e. The molecule has 6 heteroatoms. The third-order valence-electron chi connectivity index (χ3n) is 6.13. The van der Waals surface area contributed by atoms with Crippen LogP contribution >= 0.6 is 0 Å². The summed E-state index contributed by atoms with van der Waals surface area (Å²) in [6, 6.07) is 18.0. The van der Waals surface area contributed by atoms with Gasteiger partial charge < -0.3 is 18.8 Å². The smallest absolute Gasteiger partial charge is 0.410 e. The minimum absolute atomic E-state index is 0.218. The molecule has 1 saturated heterocycles. The van der Waals surface area contributed by atoms with E-state index in [4.69, 9.17) is 13.9 Å². The summed E-state index contributed by atoms with van der Waals surface area (Å²) in [4.78, 5) is 18.9. The highest BCUT2D eigenvalue weighted by atomic mass is 16.6. The van der Waals surface area contributed by atoms with Crippen LogP contribution in [0.25, 0.3) is 11.5 Å². The highest BCUT2D eigenvalue weighted by Crippen LogP contribution is 2.29. The van der Waals surface area contributed by atoms with Crippen LogP contribution in [-0.4, -0.2) is 34.7 Å². The Labute approximate surface area is 201 Å². The Morgan fingerprint density at radius 2 is 1.79 bits per heavy atom. The minimum atomic E-state index is -0.470. The number of carbonyl (C=O) groups excluding carboxylic acids is 1. The van der Waals surface area contributed by atoms with E-state index in [0.717, 1.165) is 42.3 Å². The molecule has 1 fully saturated rings. The summed E-state index contributed by atoms with van der Waals surface area (Å²) in [6.45, 7) is 11.6. The number of carbonyl (C=O) groups is 1. The lowest BCUT2D eigenvalue weighted by Gasteiger charge is -2.24. The molecule has 2 heterocycles. The predicted octanol–water partition coefficient (Wildman–Crippen LogP) is 6.27. The lowest BCUT2D eigenvalue weighted by molar-refractivity contribution is 0.0284. The maximum absolute atomic E-state index is 12.4. The van der Waals surface area contributed by atoms with E-state index >= 15 is 0 Å². The molecule has 0 unspecified atom stereocenters. The highest BCUT2D eigenvalue weighted by Gasteiger charge is 2.34. The number of hydrogen-bond acceptors (Lipinski definition) is 5. The molecule has 4 rings (SSSR count). The molecule has 1 aromatic heterocycles. The first kappa shape index (κ1) is 23.9. The van der Waals surface area contributed by atoms with Gasteiger partial charge in [0.05, 0.1) is 0 Å². The first-order chi connectivity index (χ1) is 16.2. The minimum Gasteiger partial charge on any atom is -0.487 e. The Morgan fingerprint density at radius 3 is 2.47 bits per heavy atom. The second-order valence-corrected chi connectivity index (χ2v) is 10.1. The number of amides is 1. The van der Waals surface area contributed by atoms with Gasteiger partial charge in [-0.25, -0.2) is 9.78 Å². The third kappa shape index (κ3) is 5.99. The van der Waals surface area contributed by atoms with Gasteiger partial charge in [-0.05, 0) is 75.8 Å². The van der Waals surface area contributed by atoms with Gasteiger partial charge in [-0.2, -0.15) is 0 Å². The molecule has 2 aromatic carbocycles. The highest BCUT2D eigenvalue weighted by molar-refractivity contribution is 5.68. The van der Waals surface area contributed by atoms with Crippen LogP contribution in [0.3, 0.4) is 0 Å². The lowest BCUT2D eigenvalue weighted by Crippen LogP contribution is -2.35. The Morgan fingerprint density at radius 1 is 1.09 bits per heavy atom. The zero-order chi connectivity index (χ0) is 24.3. The number of rotatable bonds is 6. The van der Waals surface area contributed by atoms with Crippen molar-refractivity contribution in [2.45, 2.75) is 53.2 Å². The van der Waals surface area contributed by atoms with E-state index in [2.05, 4.69) is 24.0 Å². The Balaban J connectivity index is 1.31. The standard InChI is InChI=1S/C28H34N2O4/c1-19-16-30(27(31)34-28(3,4)5)17-23(19)15-21-11-13-24(14-12-21)32-18-25-20(2)33-26(29-25)22-9-7-6-8-10-22/h6-14,19,23H,15-18H2,1-5H3/t19-,23+/m0/s1. The summed E-state index contributed by atoms with van der Waals surface area (Å²) in [7, 11) is 0. The molecule has 0 N–H and O–H groups in total. The van der Waals surface area contributed by atoms with Crippen molar-refractivity contribution >= 4 is 6.09 Å². The molecular weight excluding hydrogens is 428 g/mol. The molecule has 3 aromatic rings. The topological polar surface area (TPSA) is 64.8 Å². The number of likely N-dealkylation sites (tertiary alicyclic amines) is 1. The third-order valence-corrected chi connectivity index (χ3v) is 6.13. The van der Waals surface area contributed by atoms with Gasteiger partial charge in [0.25, 0.3) is 0 Å². The zero-order valence-corrected chi connectivity index (χ0v) is 20.7. The summed E-state index contributed by atoms with van der Waals surface area (Å²) in [5.41, 5.74) is 2.51. The molecule has 1 aliphatic rings. The quantitative estimate of drug-likeness (QED) is 0.432. The van der Waals surface area contributed by atoms with Gasteiger partial charge in [0, 0.05) is 18.7 Å². The van der Waals surface area contributed by atoms with Crippen molar-refractivity contribution in [1.82, 2.24) is 9.88 Å². The lowest BCUT2D eigenvalue weighted by atomic mass is 9.91. The summed E-state index contributed by atoms with van der Waals surface area (Å²) >= 11 is 0. The average Bonchev–Trinajstić information content (AvgIpc) is 3.35.